The van der Waals surface area contributed by atoms with Crippen molar-refractivity contribution < 1.29 is 9.53 Å². The zero-order chi connectivity index (χ0) is 17.6. The number of carbonyl (C=O) groups excluding carboxylic acids is 1. The van der Waals surface area contributed by atoms with Crippen LogP contribution in [0.1, 0.15) is 27.4 Å². The number of rotatable bonds is 6. The zero-order valence-corrected chi connectivity index (χ0v) is 16.7. The molecule has 1 aromatic heterocycles. The summed E-state index contributed by atoms with van der Waals surface area (Å²) in [6.45, 7) is 5.63. The van der Waals surface area contributed by atoms with E-state index in [0.29, 0.717) is 6.61 Å². The van der Waals surface area contributed by atoms with Gasteiger partial charge in [0.05, 0.1) is 4.88 Å². The van der Waals surface area contributed by atoms with Gasteiger partial charge in [0.1, 0.15) is 12.4 Å². The average Bonchev–Trinajstić information content (AvgIpc) is 3.05. The maximum absolute atomic E-state index is 12.2. The van der Waals surface area contributed by atoms with E-state index in [1.165, 1.54) is 4.88 Å². The van der Waals surface area contributed by atoms with Crippen LogP contribution < -0.4 is 10.1 Å². The van der Waals surface area contributed by atoms with Gasteiger partial charge in [-0.2, -0.15) is 0 Å². The molecule has 1 fully saturated rings. The number of ether oxygens (including phenoxy) is 1. The Labute approximate surface area is 161 Å². The highest BCUT2D eigenvalue weighted by Gasteiger charge is 2.21. The van der Waals surface area contributed by atoms with Crippen LogP contribution in [-0.4, -0.2) is 43.1 Å². The standard InChI is InChI=1S/C19H23BrN2O2S/c1-14-2-7-18(25-14)19(23)21-16-8-10-22(11-9-16)12-13-24-17-5-3-15(20)4-6-17/h2-7,16H,8-13H2,1H3,(H,21,23). The Bertz CT molecular complexity index is 694. The molecule has 0 spiro atoms. The first-order valence-corrected chi connectivity index (χ1v) is 10.2. The van der Waals surface area contributed by atoms with Gasteiger partial charge in [0.2, 0.25) is 0 Å². The van der Waals surface area contributed by atoms with Gasteiger partial charge < -0.3 is 10.1 Å². The third-order valence-corrected chi connectivity index (χ3v) is 5.90. The smallest absolute Gasteiger partial charge is 0.261 e. The second-order valence-electron chi connectivity index (χ2n) is 6.30. The van der Waals surface area contributed by atoms with E-state index in [2.05, 4.69) is 26.1 Å². The number of hydrogen-bond donors (Lipinski definition) is 1. The van der Waals surface area contributed by atoms with Gasteiger partial charge in [0.15, 0.2) is 0 Å². The lowest BCUT2D eigenvalue weighted by Gasteiger charge is -2.32. The Balaban J connectivity index is 1.35. The van der Waals surface area contributed by atoms with Gasteiger partial charge in [0, 0.05) is 35.0 Å². The summed E-state index contributed by atoms with van der Waals surface area (Å²) in [5.74, 6) is 0.965. The van der Waals surface area contributed by atoms with E-state index in [1.807, 2.05) is 43.3 Å². The minimum Gasteiger partial charge on any atom is -0.492 e. The summed E-state index contributed by atoms with van der Waals surface area (Å²) in [4.78, 5) is 16.6. The minimum atomic E-state index is 0.0649. The Morgan fingerprint density at radius 3 is 2.60 bits per heavy atom. The van der Waals surface area contributed by atoms with Crippen molar-refractivity contribution in [2.24, 2.45) is 0 Å². The summed E-state index contributed by atoms with van der Waals surface area (Å²) < 4.78 is 6.84. The van der Waals surface area contributed by atoms with Crippen molar-refractivity contribution in [2.75, 3.05) is 26.2 Å². The quantitative estimate of drug-likeness (QED) is 0.761. The van der Waals surface area contributed by atoms with Crippen LogP contribution >= 0.6 is 27.3 Å². The van der Waals surface area contributed by atoms with E-state index in [1.54, 1.807) is 11.3 Å². The summed E-state index contributed by atoms with van der Waals surface area (Å²) in [5, 5.41) is 3.17. The Kier molecular flexibility index (Phi) is 6.51. The molecule has 1 N–H and O–H groups in total. The van der Waals surface area contributed by atoms with Crippen molar-refractivity contribution in [1.82, 2.24) is 10.2 Å². The molecule has 25 heavy (non-hydrogen) atoms. The molecule has 1 aliphatic rings. The van der Waals surface area contributed by atoms with Crippen LogP contribution in [0.4, 0.5) is 0 Å². The third kappa shape index (κ3) is 5.56. The van der Waals surface area contributed by atoms with Gasteiger partial charge in [-0.15, -0.1) is 11.3 Å². The van der Waals surface area contributed by atoms with Crippen molar-refractivity contribution in [1.29, 1.82) is 0 Å². The summed E-state index contributed by atoms with van der Waals surface area (Å²) in [6.07, 6.45) is 1.99. The van der Waals surface area contributed by atoms with E-state index in [0.717, 1.165) is 47.6 Å². The van der Waals surface area contributed by atoms with Crippen LogP contribution in [-0.2, 0) is 0 Å². The highest BCUT2D eigenvalue weighted by atomic mass is 79.9. The molecule has 2 aromatic rings. The predicted molar refractivity (Wildman–Crippen MR) is 106 cm³/mol. The third-order valence-electron chi connectivity index (χ3n) is 4.38. The summed E-state index contributed by atoms with van der Waals surface area (Å²) in [7, 11) is 0. The topological polar surface area (TPSA) is 41.6 Å². The van der Waals surface area contributed by atoms with E-state index < -0.39 is 0 Å². The van der Waals surface area contributed by atoms with Crippen molar-refractivity contribution in [3.05, 3.63) is 50.6 Å². The van der Waals surface area contributed by atoms with Crippen molar-refractivity contribution >= 4 is 33.2 Å². The zero-order valence-electron chi connectivity index (χ0n) is 14.3. The van der Waals surface area contributed by atoms with E-state index >= 15 is 0 Å². The number of halogens is 1. The second kappa shape index (κ2) is 8.83. The molecular formula is C19H23BrN2O2S. The fraction of sp³-hybridized carbons (Fsp3) is 0.421. The van der Waals surface area contributed by atoms with Crippen LogP contribution in [0.3, 0.4) is 0 Å². The van der Waals surface area contributed by atoms with Crippen LogP contribution in [0.25, 0.3) is 0 Å². The number of piperidine rings is 1. The summed E-state index contributed by atoms with van der Waals surface area (Å²) in [5.41, 5.74) is 0. The molecule has 4 nitrogen and oxygen atoms in total. The number of hydrogen-bond acceptors (Lipinski definition) is 4. The van der Waals surface area contributed by atoms with Gasteiger partial charge in [-0.25, -0.2) is 0 Å². The van der Waals surface area contributed by atoms with Crippen LogP contribution in [0, 0.1) is 6.92 Å². The van der Waals surface area contributed by atoms with Gasteiger partial charge in [-0.1, -0.05) is 15.9 Å². The van der Waals surface area contributed by atoms with Crippen LogP contribution in [0.15, 0.2) is 40.9 Å². The lowest BCUT2D eigenvalue weighted by Crippen LogP contribution is -2.45. The fourth-order valence-electron chi connectivity index (χ4n) is 2.94. The maximum atomic E-state index is 12.2. The van der Waals surface area contributed by atoms with E-state index in [4.69, 9.17) is 4.74 Å². The Morgan fingerprint density at radius 2 is 1.96 bits per heavy atom. The first kappa shape index (κ1) is 18.4. The van der Waals surface area contributed by atoms with Crippen molar-refractivity contribution in [3.8, 4) is 5.75 Å². The lowest BCUT2D eigenvalue weighted by atomic mass is 10.1. The highest BCUT2D eigenvalue weighted by Crippen LogP contribution is 2.18. The first-order chi connectivity index (χ1) is 12.1. The number of thiophene rings is 1. The molecule has 0 atom stereocenters. The monoisotopic (exact) mass is 422 g/mol. The highest BCUT2D eigenvalue weighted by molar-refractivity contribution is 9.10. The molecule has 6 heteroatoms. The molecule has 134 valence electrons. The average molecular weight is 423 g/mol. The first-order valence-electron chi connectivity index (χ1n) is 8.58. The normalized spacial score (nSPS) is 15.9. The largest absolute Gasteiger partial charge is 0.492 e. The summed E-state index contributed by atoms with van der Waals surface area (Å²) >= 11 is 4.97. The number of nitrogens with one attached hydrogen (secondary N) is 1. The van der Waals surface area contributed by atoms with Gasteiger partial charge in [0.25, 0.3) is 5.91 Å². The minimum absolute atomic E-state index is 0.0649. The number of nitrogens with zero attached hydrogens (tertiary/aromatic N) is 1. The molecule has 2 heterocycles. The van der Waals surface area contributed by atoms with Crippen molar-refractivity contribution in [3.63, 3.8) is 0 Å². The molecule has 0 saturated carbocycles. The number of aryl methyl sites for hydroxylation is 1. The van der Waals surface area contributed by atoms with Gasteiger partial charge >= 0.3 is 0 Å². The SMILES string of the molecule is Cc1ccc(C(=O)NC2CCN(CCOc3ccc(Br)cc3)CC2)s1. The molecule has 0 bridgehead atoms. The molecule has 0 unspecified atom stereocenters. The molecule has 1 saturated heterocycles. The molecule has 1 aromatic carbocycles. The van der Waals surface area contributed by atoms with Crippen molar-refractivity contribution in [2.45, 2.75) is 25.8 Å². The predicted octanol–water partition coefficient (Wildman–Crippen LogP) is 4.09. The summed E-state index contributed by atoms with van der Waals surface area (Å²) in [6, 6.07) is 12.1. The fourth-order valence-corrected chi connectivity index (χ4v) is 3.97. The van der Waals surface area contributed by atoms with E-state index in [-0.39, 0.29) is 11.9 Å². The molecule has 0 aliphatic carbocycles. The number of carbonyl (C=O) groups is 1. The van der Waals surface area contributed by atoms with E-state index in [9.17, 15) is 4.79 Å². The maximum Gasteiger partial charge on any atom is 0.261 e. The Hall–Kier alpha value is -1.37. The molecule has 0 radical (unpaired) electrons. The molecular weight excluding hydrogens is 400 g/mol. The molecule has 1 aliphatic heterocycles. The number of amides is 1. The Morgan fingerprint density at radius 1 is 1.24 bits per heavy atom. The molecule has 3 rings (SSSR count). The van der Waals surface area contributed by atoms with Gasteiger partial charge in [-0.05, 0) is 56.2 Å². The lowest BCUT2D eigenvalue weighted by molar-refractivity contribution is 0.0909. The second-order valence-corrected chi connectivity index (χ2v) is 8.51. The number of benzene rings is 1. The number of likely N-dealkylation sites (tertiary alicyclic amines) is 1. The van der Waals surface area contributed by atoms with Crippen LogP contribution in [0.2, 0.25) is 0 Å². The van der Waals surface area contributed by atoms with Gasteiger partial charge in [-0.3, -0.25) is 9.69 Å². The molecule has 1 amide bonds. The van der Waals surface area contributed by atoms with Crippen LogP contribution in [0.5, 0.6) is 5.75 Å².